The van der Waals surface area contributed by atoms with Crippen molar-refractivity contribution in [1.29, 1.82) is 0 Å². The van der Waals surface area contributed by atoms with Crippen molar-refractivity contribution in [3.8, 4) is 0 Å². The van der Waals surface area contributed by atoms with Gasteiger partial charge in [-0.1, -0.05) is 91.4 Å². The molecule has 0 rings (SSSR count). The molecule has 0 aliphatic carbocycles. The number of carbonyl (C=O) groups is 4. The summed E-state index contributed by atoms with van der Waals surface area (Å²) in [6.45, 7) is 5.15. The lowest BCUT2D eigenvalue weighted by atomic mass is 10.0. The van der Waals surface area contributed by atoms with Crippen LogP contribution in [0, 0.1) is 5.92 Å². The summed E-state index contributed by atoms with van der Waals surface area (Å²) < 4.78 is 0. The Morgan fingerprint density at radius 2 is 1.23 bits per heavy atom. The van der Waals surface area contributed by atoms with E-state index in [2.05, 4.69) is 17.6 Å². The van der Waals surface area contributed by atoms with Crippen LogP contribution >= 0.6 is 0 Å². The Morgan fingerprint density at radius 3 is 1.67 bits per heavy atom. The minimum atomic E-state index is -1.17. The van der Waals surface area contributed by atoms with E-state index in [1.54, 1.807) is 13.8 Å². The molecule has 2 amide bonds. The Bertz CT molecular complexity index is 520. The number of nitrogens with one attached hydrogen (secondary N) is 2. The van der Waals surface area contributed by atoms with Gasteiger partial charge in [0.2, 0.25) is 11.7 Å². The van der Waals surface area contributed by atoms with Crippen LogP contribution in [0.4, 0.5) is 0 Å². The predicted octanol–water partition coefficient (Wildman–Crippen LogP) is 3.99. The van der Waals surface area contributed by atoms with Gasteiger partial charge < -0.3 is 15.7 Å². The first-order valence-corrected chi connectivity index (χ1v) is 11.6. The van der Waals surface area contributed by atoms with Crippen molar-refractivity contribution in [3.63, 3.8) is 0 Å². The lowest BCUT2D eigenvalue weighted by Crippen LogP contribution is -2.52. The normalized spacial score (nSPS) is 11.9. The third kappa shape index (κ3) is 15.0. The number of rotatable bonds is 19. The summed E-state index contributed by atoms with van der Waals surface area (Å²) in [5.74, 6) is -3.33. The van der Waals surface area contributed by atoms with Gasteiger partial charge in [0.25, 0.3) is 5.91 Å². The molecule has 7 heteroatoms. The van der Waals surface area contributed by atoms with Crippen LogP contribution in [-0.4, -0.2) is 41.3 Å². The van der Waals surface area contributed by atoms with Gasteiger partial charge in [0, 0.05) is 6.42 Å². The van der Waals surface area contributed by atoms with Crippen LogP contribution in [0.2, 0.25) is 0 Å². The highest BCUT2D eigenvalue weighted by molar-refractivity contribution is 6.36. The number of amides is 2. The van der Waals surface area contributed by atoms with Crippen LogP contribution in [0.1, 0.15) is 104 Å². The molecule has 1 atom stereocenters. The number of carboxylic acid groups (broad SMARTS) is 1. The minimum absolute atomic E-state index is 0.171. The zero-order valence-corrected chi connectivity index (χ0v) is 19.1. The number of hydrogen-bond acceptors (Lipinski definition) is 4. The zero-order chi connectivity index (χ0) is 22.8. The third-order valence-corrected chi connectivity index (χ3v) is 5.16. The molecule has 0 spiro atoms. The Balaban J connectivity index is 3.90. The Morgan fingerprint density at radius 1 is 0.767 bits per heavy atom. The Hall–Kier alpha value is -1.92. The van der Waals surface area contributed by atoms with Gasteiger partial charge in [0.15, 0.2) is 0 Å². The fourth-order valence-electron chi connectivity index (χ4n) is 3.27. The molecule has 0 aliphatic rings. The van der Waals surface area contributed by atoms with E-state index in [0.29, 0.717) is 6.42 Å². The summed E-state index contributed by atoms with van der Waals surface area (Å²) in [4.78, 5) is 46.7. The average Bonchev–Trinajstić information content (AvgIpc) is 2.70. The highest BCUT2D eigenvalue weighted by Gasteiger charge is 2.26. The first-order valence-electron chi connectivity index (χ1n) is 11.6. The molecule has 0 saturated carbocycles. The standard InChI is InChI=1S/C23H42N2O5/c1-4-5-6-7-8-9-10-11-12-13-14-15-16-19(26)22(29)25-21(18(2)3)23(30)24-17-20(27)28/h18,21H,4-17H2,1-3H3,(H,24,30)(H,25,29)(H,27,28)/t21-/m0/s1. The van der Waals surface area contributed by atoms with Crippen LogP contribution in [0.5, 0.6) is 0 Å². The molecule has 0 aromatic heterocycles. The van der Waals surface area contributed by atoms with Crippen LogP contribution in [0.3, 0.4) is 0 Å². The summed E-state index contributed by atoms with van der Waals surface area (Å²) >= 11 is 0. The molecule has 174 valence electrons. The molecule has 0 aromatic carbocycles. The Kier molecular flexibility index (Phi) is 16.8. The highest BCUT2D eigenvalue weighted by Crippen LogP contribution is 2.12. The summed E-state index contributed by atoms with van der Waals surface area (Å²) in [5.41, 5.74) is 0. The van der Waals surface area contributed by atoms with Crippen molar-refractivity contribution >= 4 is 23.6 Å². The summed E-state index contributed by atoms with van der Waals surface area (Å²) in [5, 5.41) is 13.3. The third-order valence-electron chi connectivity index (χ3n) is 5.16. The largest absolute Gasteiger partial charge is 0.480 e. The van der Waals surface area contributed by atoms with Crippen molar-refractivity contribution < 1.29 is 24.3 Å². The van der Waals surface area contributed by atoms with E-state index < -0.39 is 36.2 Å². The second-order valence-electron chi connectivity index (χ2n) is 8.37. The lowest BCUT2D eigenvalue weighted by Gasteiger charge is -2.20. The molecule has 0 heterocycles. The van der Waals surface area contributed by atoms with Crippen LogP contribution < -0.4 is 10.6 Å². The smallest absolute Gasteiger partial charge is 0.322 e. The van der Waals surface area contributed by atoms with Crippen molar-refractivity contribution in [3.05, 3.63) is 0 Å². The summed E-state index contributed by atoms with van der Waals surface area (Å²) in [7, 11) is 0. The van der Waals surface area contributed by atoms with E-state index >= 15 is 0 Å². The van der Waals surface area contributed by atoms with Crippen LogP contribution in [-0.2, 0) is 19.2 Å². The van der Waals surface area contributed by atoms with Gasteiger partial charge >= 0.3 is 5.97 Å². The molecule has 7 nitrogen and oxygen atoms in total. The first-order chi connectivity index (χ1) is 14.3. The average molecular weight is 427 g/mol. The molecule has 3 N–H and O–H groups in total. The number of aliphatic carboxylic acids is 1. The van der Waals surface area contributed by atoms with E-state index in [-0.39, 0.29) is 12.3 Å². The molecule has 0 aromatic rings. The van der Waals surface area contributed by atoms with Gasteiger partial charge in [-0.2, -0.15) is 0 Å². The number of unbranched alkanes of at least 4 members (excludes halogenated alkanes) is 11. The summed E-state index contributed by atoms with van der Waals surface area (Å²) in [6, 6.07) is -0.928. The fraction of sp³-hybridized carbons (Fsp3) is 0.826. The number of Topliss-reactive ketones (excluding diaryl/α,β-unsaturated/α-hetero) is 1. The molecule has 0 unspecified atom stereocenters. The molecular weight excluding hydrogens is 384 g/mol. The number of carbonyl (C=O) groups excluding carboxylic acids is 3. The molecule has 30 heavy (non-hydrogen) atoms. The van der Waals surface area contributed by atoms with Crippen molar-refractivity contribution in [1.82, 2.24) is 10.6 Å². The number of hydrogen-bond donors (Lipinski definition) is 3. The molecule has 0 aliphatic heterocycles. The van der Waals surface area contributed by atoms with Gasteiger partial charge in [-0.15, -0.1) is 0 Å². The number of carboxylic acids is 1. The second-order valence-corrected chi connectivity index (χ2v) is 8.37. The highest BCUT2D eigenvalue weighted by atomic mass is 16.4. The van der Waals surface area contributed by atoms with Gasteiger partial charge in [-0.05, 0) is 12.3 Å². The Labute approximate surface area is 181 Å². The molecule has 0 radical (unpaired) electrons. The second kappa shape index (κ2) is 17.9. The van der Waals surface area contributed by atoms with E-state index in [1.165, 1.54) is 51.4 Å². The molecule has 0 saturated heterocycles. The first kappa shape index (κ1) is 28.1. The molecular formula is C23H42N2O5. The monoisotopic (exact) mass is 426 g/mol. The van der Waals surface area contributed by atoms with E-state index in [0.717, 1.165) is 19.3 Å². The maximum absolute atomic E-state index is 12.1. The SMILES string of the molecule is CCCCCCCCCCCCCCC(=O)C(=O)N[C@H](C(=O)NCC(=O)O)C(C)C. The molecule has 0 bridgehead atoms. The predicted molar refractivity (Wildman–Crippen MR) is 118 cm³/mol. The minimum Gasteiger partial charge on any atom is -0.480 e. The summed E-state index contributed by atoms with van der Waals surface area (Å²) in [6.07, 6.45) is 14.4. The van der Waals surface area contributed by atoms with E-state index in [1.807, 2.05) is 0 Å². The van der Waals surface area contributed by atoms with Gasteiger partial charge in [-0.3, -0.25) is 19.2 Å². The quantitative estimate of drug-likeness (QED) is 0.213. The topological polar surface area (TPSA) is 113 Å². The zero-order valence-electron chi connectivity index (χ0n) is 19.1. The maximum atomic E-state index is 12.1. The van der Waals surface area contributed by atoms with Crippen LogP contribution in [0.15, 0.2) is 0 Å². The van der Waals surface area contributed by atoms with Crippen molar-refractivity contribution in [2.24, 2.45) is 5.92 Å². The van der Waals surface area contributed by atoms with Gasteiger partial charge in [0.05, 0.1) is 0 Å². The van der Waals surface area contributed by atoms with Crippen molar-refractivity contribution in [2.75, 3.05) is 6.54 Å². The van der Waals surface area contributed by atoms with Gasteiger partial charge in [0.1, 0.15) is 12.6 Å². The van der Waals surface area contributed by atoms with Crippen LogP contribution in [0.25, 0.3) is 0 Å². The fourth-order valence-corrected chi connectivity index (χ4v) is 3.27. The molecule has 0 fully saturated rings. The lowest BCUT2D eigenvalue weighted by molar-refractivity contribution is -0.141. The number of ketones is 1. The van der Waals surface area contributed by atoms with E-state index in [4.69, 9.17) is 5.11 Å². The van der Waals surface area contributed by atoms with Crippen molar-refractivity contribution in [2.45, 2.75) is 110 Å². The van der Waals surface area contributed by atoms with Gasteiger partial charge in [-0.25, -0.2) is 0 Å². The van der Waals surface area contributed by atoms with E-state index in [9.17, 15) is 19.2 Å². The maximum Gasteiger partial charge on any atom is 0.322 e.